The molecule has 0 aliphatic rings. The smallest absolute Gasteiger partial charge is 0.116 e. The van der Waals surface area contributed by atoms with Crippen molar-refractivity contribution in [1.29, 1.82) is 0 Å². The molecule has 0 amide bonds. The molecule has 0 unspecified atom stereocenters. The maximum Gasteiger partial charge on any atom is 0.116 e. The number of fused-ring (bicyclic) bond motifs is 1. The topological polar surface area (TPSA) is 37.8 Å². The number of hydrogen-bond donors (Lipinski definition) is 1. The van der Waals surface area contributed by atoms with Gasteiger partial charge in [-0.3, -0.25) is 0 Å². The molecule has 0 saturated heterocycles. The molecular formula is C15H13N3. The SMILES string of the molecule is CNc1cccc(-c2ncnc3ccccc23)c1. The molecule has 0 fully saturated rings. The second-order valence-corrected chi connectivity index (χ2v) is 4.07. The van der Waals surface area contributed by atoms with Crippen molar-refractivity contribution >= 4 is 16.6 Å². The monoisotopic (exact) mass is 235 g/mol. The largest absolute Gasteiger partial charge is 0.388 e. The molecular weight excluding hydrogens is 222 g/mol. The Balaban J connectivity index is 2.24. The number of nitrogens with zero attached hydrogens (tertiary/aromatic N) is 2. The Morgan fingerprint density at radius 1 is 0.944 bits per heavy atom. The number of rotatable bonds is 2. The molecule has 1 heterocycles. The van der Waals surface area contributed by atoms with E-state index in [0.29, 0.717) is 0 Å². The van der Waals surface area contributed by atoms with Gasteiger partial charge >= 0.3 is 0 Å². The lowest BCUT2D eigenvalue weighted by Crippen LogP contribution is -1.91. The highest BCUT2D eigenvalue weighted by molar-refractivity contribution is 5.92. The van der Waals surface area contributed by atoms with E-state index in [1.165, 1.54) is 0 Å². The van der Waals surface area contributed by atoms with Crippen LogP contribution in [-0.2, 0) is 0 Å². The molecule has 0 aliphatic heterocycles. The van der Waals surface area contributed by atoms with Crippen LogP contribution in [0.15, 0.2) is 54.9 Å². The fraction of sp³-hybridized carbons (Fsp3) is 0.0667. The first-order chi connectivity index (χ1) is 8.88. The van der Waals surface area contributed by atoms with E-state index in [-0.39, 0.29) is 0 Å². The summed E-state index contributed by atoms with van der Waals surface area (Å²) in [6.07, 6.45) is 1.61. The van der Waals surface area contributed by atoms with E-state index in [1.54, 1.807) is 6.33 Å². The van der Waals surface area contributed by atoms with Crippen molar-refractivity contribution < 1.29 is 0 Å². The molecule has 2 aromatic carbocycles. The zero-order valence-electron chi connectivity index (χ0n) is 10.1. The van der Waals surface area contributed by atoms with Gasteiger partial charge in [0.05, 0.1) is 11.2 Å². The van der Waals surface area contributed by atoms with E-state index in [1.807, 2.05) is 37.4 Å². The minimum atomic E-state index is 0.970. The van der Waals surface area contributed by atoms with Gasteiger partial charge in [-0.15, -0.1) is 0 Å². The van der Waals surface area contributed by atoms with Gasteiger partial charge in [0.15, 0.2) is 0 Å². The van der Waals surface area contributed by atoms with Crippen LogP contribution < -0.4 is 5.32 Å². The lowest BCUT2D eigenvalue weighted by atomic mass is 10.1. The maximum atomic E-state index is 4.41. The van der Waals surface area contributed by atoms with Gasteiger partial charge in [0.2, 0.25) is 0 Å². The molecule has 0 aliphatic carbocycles. The number of para-hydroxylation sites is 1. The van der Waals surface area contributed by atoms with Crippen molar-refractivity contribution in [2.45, 2.75) is 0 Å². The predicted octanol–water partition coefficient (Wildman–Crippen LogP) is 3.34. The normalized spacial score (nSPS) is 10.5. The van der Waals surface area contributed by atoms with E-state index < -0.39 is 0 Å². The number of aromatic nitrogens is 2. The first kappa shape index (κ1) is 10.7. The Hall–Kier alpha value is -2.42. The number of benzene rings is 2. The zero-order valence-corrected chi connectivity index (χ0v) is 10.1. The molecule has 88 valence electrons. The molecule has 0 spiro atoms. The first-order valence-electron chi connectivity index (χ1n) is 5.86. The first-order valence-corrected chi connectivity index (χ1v) is 5.86. The third-order valence-corrected chi connectivity index (χ3v) is 2.97. The minimum absolute atomic E-state index is 0.970. The molecule has 0 radical (unpaired) electrons. The molecule has 3 nitrogen and oxygen atoms in total. The van der Waals surface area contributed by atoms with Crippen LogP contribution in [0.2, 0.25) is 0 Å². The van der Waals surface area contributed by atoms with Gasteiger partial charge in [-0.1, -0.05) is 30.3 Å². The molecule has 0 bridgehead atoms. The van der Waals surface area contributed by atoms with Crippen molar-refractivity contribution in [1.82, 2.24) is 9.97 Å². The molecule has 3 rings (SSSR count). The molecule has 3 heteroatoms. The summed E-state index contributed by atoms with van der Waals surface area (Å²) in [5, 5.41) is 4.22. The average molecular weight is 235 g/mol. The third kappa shape index (κ3) is 1.80. The molecule has 1 aromatic heterocycles. The van der Waals surface area contributed by atoms with Crippen molar-refractivity contribution in [3.63, 3.8) is 0 Å². The summed E-state index contributed by atoms with van der Waals surface area (Å²) in [6, 6.07) is 16.3. The van der Waals surface area contributed by atoms with Gasteiger partial charge in [-0.25, -0.2) is 9.97 Å². The Morgan fingerprint density at radius 3 is 2.72 bits per heavy atom. The van der Waals surface area contributed by atoms with Crippen molar-refractivity contribution in [3.05, 3.63) is 54.9 Å². The van der Waals surface area contributed by atoms with Crippen LogP contribution in [-0.4, -0.2) is 17.0 Å². The van der Waals surface area contributed by atoms with Gasteiger partial charge in [0, 0.05) is 23.7 Å². The van der Waals surface area contributed by atoms with Crippen LogP contribution in [0.25, 0.3) is 22.2 Å². The standard InChI is InChI=1S/C15H13N3/c1-16-12-6-4-5-11(9-12)15-13-7-2-3-8-14(13)17-10-18-15/h2-10,16H,1H3. The fourth-order valence-electron chi connectivity index (χ4n) is 2.06. The van der Waals surface area contributed by atoms with Crippen LogP contribution >= 0.6 is 0 Å². The summed E-state index contributed by atoms with van der Waals surface area (Å²) in [6.45, 7) is 0. The molecule has 18 heavy (non-hydrogen) atoms. The molecule has 0 saturated carbocycles. The highest BCUT2D eigenvalue weighted by Gasteiger charge is 2.05. The van der Waals surface area contributed by atoms with E-state index in [0.717, 1.165) is 27.8 Å². The van der Waals surface area contributed by atoms with E-state index in [9.17, 15) is 0 Å². The van der Waals surface area contributed by atoms with Crippen LogP contribution in [0.5, 0.6) is 0 Å². The highest BCUT2D eigenvalue weighted by Crippen LogP contribution is 2.26. The maximum absolute atomic E-state index is 4.41. The van der Waals surface area contributed by atoms with Gasteiger partial charge in [-0.2, -0.15) is 0 Å². The molecule has 1 N–H and O–H groups in total. The minimum Gasteiger partial charge on any atom is -0.388 e. The van der Waals surface area contributed by atoms with Crippen LogP contribution in [0.4, 0.5) is 5.69 Å². The summed E-state index contributed by atoms with van der Waals surface area (Å²) in [5.74, 6) is 0. The highest BCUT2D eigenvalue weighted by atomic mass is 14.8. The van der Waals surface area contributed by atoms with Gasteiger partial charge < -0.3 is 5.32 Å². The zero-order chi connectivity index (χ0) is 12.4. The number of hydrogen-bond acceptors (Lipinski definition) is 3. The van der Waals surface area contributed by atoms with Crippen molar-refractivity contribution in [2.75, 3.05) is 12.4 Å². The summed E-state index contributed by atoms with van der Waals surface area (Å²) >= 11 is 0. The summed E-state index contributed by atoms with van der Waals surface area (Å²) in [7, 11) is 1.91. The number of anilines is 1. The predicted molar refractivity (Wildman–Crippen MR) is 74.5 cm³/mol. The Morgan fingerprint density at radius 2 is 1.83 bits per heavy atom. The van der Waals surface area contributed by atoms with Crippen LogP contribution in [0.1, 0.15) is 0 Å². The molecule has 3 aromatic rings. The van der Waals surface area contributed by atoms with Gasteiger partial charge in [0.1, 0.15) is 6.33 Å². The van der Waals surface area contributed by atoms with Crippen molar-refractivity contribution in [2.24, 2.45) is 0 Å². The lowest BCUT2D eigenvalue weighted by molar-refractivity contribution is 1.22. The summed E-state index contributed by atoms with van der Waals surface area (Å²) < 4.78 is 0. The van der Waals surface area contributed by atoms with E-state index in [2.05, 4.69) is 33.5 Å². The summed E-state index contributed by atoms with van der Waals surface area (Å²) in [5.41, 5.74) is 4.12. The lowest BCUT2D eigenvalue weighted by Gasteiger charge is -2.07. The van der Waals surface area contributed by atoms with E-state index >= 15 is 0 Å². The Kier molecular flexibility index (Phi) is 2.65. The second kappa shape index (κ2) is 4.45. The second-order valence-electron chi connectivity index (χ2n) is 4.07. The third-order valence-electron chi connectivity index (χ3n) is 2.97. The van der Waals surface area contributed by atoms with E-state index in [4.69, 9.17) is 0 Å². The average Bonchev–Trinajstić information content (AvgIpc) is 2.47. The van der Waals surface area contributed by atoms with Crippen LogP contribution in [0, 0.1) is 0 Å². The van der Waals surface area contributed by atoms with Crippen molar-refractivity contribution in [3.8, 4) is 11.3 Å². The van der Waals surface area contributed by atoms with Crippen LogP contribution in [0.3, 0.4) is 0 Å². The Bertz CT molecular complexity index is 687. The van der Waals surface area contributed by atoms with Gasteiger partial charge in [0.25, 0.3) is 0 Å². The molecule has 0 atom stereocenters. The summed E-state index contributed by atoms with van der Waals surface area (Å²) in [4.78, 5) is 8.70. The quantitative estimate of drug-likeness (QED) is 0.740. The fourth-order valence-corrected chi connectivity index (χ4v) is 2.06. The number of nitrogens with one attached hydrogen (secondary N) is 1. The Labute approximate surface area is 106 Å². The van der Waals surface area contributed by atoms with Gasteiger partial charge in [-0.05, 0) is 18.2 Å².